The standard InChI is InChI=1S/C15H17F5N2O3/c16-14(17,15(18,19)20)12-5-4-11(22(23)24)10-13(12)25-9-8-21-6-2-1-3-7-21/h4-5,10H,1-3,6-9H2. The summed E-state index contributed by atoms with van der Waals surface area (Å²) in [6.07, 6.45) is -2.78. The Balaban J connectivity index is 2.20. The molecular formula is C15H17F5N2O3. The first kappa shape index (κ1) is 19.4. The number of nitro benzene ring substituents is 1. The van der Waals surface area contributed by atoms with E-state index in [0.717, 1.165) is 32.4 Å². The van der Waals surface area contributed by atoms with Crippen LogP contribution in [0, 0.1) is 10.1 Å². The third-order valence-electron chi connectivity index (χ3n) is 3.98. The molecule has 25 heavy (non-hydrogen) atoms. The first-order chi connectivity index (χ1) is 11.6. The molecule has 1 fully saturated rings. The van der Waals surface area contributed by atoms with Crippen LogP contribution in [-0.2, 0) is 5.92 Å². The zero-order valence-electron chi connectivity index (χ0n) is 13.2. The maximum Gasteiger partial charge on any atom is 0.458 e. The summed E-state index contributed by atoms with van der Waals surface area (Å²) in [5.74, 6) is -5.99. The average molecular weight is 368 g/mol. The van der Waals surface area contributed by atoms with Crippen molar-refractivity contribution in [1.82, 2.24) is 4.90 Å². The van der Waals surface area contributed by atoms with Crippen molar-refractivity contribution in [2.24, 2.45) is 0 Å². The Morgan fingerprint density at radius 3 is 2.32 bits per heavy atom. The van der Waals surface area contributed by atoms with Gasteiger partial charge in [0, 0.05) is 12.6 Å². The zero-order valence-corrected chi connectivity index (χ0v) is 13.2. The molecule has 1 aromatic rings. The first-order valence-electron chi connectivity index (χ1n) is 7.71. The number of benzene rings is 1. The summed E-state index contributed by atoms with van der Waals surface area (Å²) in [7, 11) is 0. The summed E-state index contributed by atoms with van der Waals surface area (Å²) in [6.45, 7) is 1.80. The highest BCUT2D eigenvalue weighted by Crippen LogP contribution is 2.47. The number of rotatable bonds is 6. The summed E-state index contributed by atoms with van der Waals surface area (Å²) in [5.41, 5.74) is -2.04. The van der Waals surface area contributed by atoms with E-state index in [1.54, 1.807) is 0 Å². The topological polar surface area (TPSA) is 55.6 Å². The van der Waals surface area contributed by atoms with Crippen LogP contribution < -0.4 is 4.74 Å². The van der Waals surface area contributed by atoms with E-state index in [-0.39, 0.29) is 6.61 Å². The van der Waals surface area contributed by atoms with Crippen molar-refractivity contribution in [3.63, 3.8) is 0 Å². The van der Waals surface area contributed by atoms with E-state index in [9.17, 15) is 32.1 Å². The zero-order chi connectivity index (χ0) is 18.7. The van der Waals surface area contributed by atoms with Gasteiger partial charge in [-0.05, 0) is 32.0 Å². The molecule has 0 spiro atoms. The fraction of sp³-hybridized carbons (Fsp3) is 0.600. The maximum atomic E-state index is 13.7. The number of hydrogen-bond acceptors (Lipinski definition) is 4. The lowest BCUT2D eigenvalue weighted by Crippen LogP contribution is -2.35. The van der Waals surface area contributed by atoms with Crippen LogP contribution >= 0.6 is 0 Å². The minimum Gasteiger partial charge on any atom is -0.491 e. The summed E-state index contributed by atoms with van der Waals surface area (Å²) in [4.78, 5) is 11.9. The Morgan fingerprint density at radius 1 is 1.12 bits per heavy atom. The van der Waals surface area contributed by atoms with E-state index in [2.05, 4.69) is 0 Å². The Hall–Kier alpha value is -1.97. The highest BCUT2D eigenvalue weighted by molar-refractivity contribution is 5.46. The minimum absolute atomic E-state index is 0.137. The SMILES string of the molecule is O=[N+]([O-])c1ccc(C(F)(F)C(F)(F)F)c(OCCN2CCCCC2)c1. The van der Waals surface area contributed by atoms with Crippen LogP contribution in [-0.4, -0.2) is 42.2 Å². The lowest BCUT2D eigenvalue weighted by molar-refractivity contribution is -0.385. The molecule has 0 bridgehead atoms. The fourth-order valence-corrected chi connectivity index (χ4v) is 2.62. The van der Waals surface area contributed by atoms with Gasteiger partial charge < -0.3 is 4.74 Å². The van der Waals surface area contributed by atoms with Crippen molar-refractivity contribution in [2.45, 2.75) is 31.4 Å². The lowest BCUT2D eigenvalue weighted by Gasteiger charge is -2.27. The number of nitro groups is 1. The molecule has 1 aliphatic rings. The van der Waals surface area contributed by atoms with Gasteiger partial charge in [0.25, 0.3) is 5.69 Å². The number of hydrogen-bond donors (Lipinski definition) is 0. The molecule has 1 aromatic carbocycles. The summed E-state index contributed by atoms with van der Waals surface area (Å²) in [5, 5.41) is 10.8. The molecule has 1 heterocycles. The number of nitrogens with zero attached hydrogens (tertiary/aromatic N) is 2. The molecule has 0 saturated carbocycles. The van der Waals surface area contributed by atoms with E-state index in [1.165, 1.54) is 0 Å². The largest absolute Gasteiger partial charge is 0.491 e. The number of likely N-dealkylation sites (tertiary alicyclic amines) is 1. The first-order valence-corrected chi connectivity index (χ1v) is 7.71. The number of alkyl halides is 5. The third kappa shape index (κ3) is 4.56. The number of non-ortho nitro benzene ring substituents is 1. The lowest BCUT2D eigenvalue weighted by atomic mass is 10.1. The van der Waals surface area contributed by atoms with Crippen molar-refractivity contribution >= 4 is 5.69 Å². The van der Waals surface area contributed by atoms with E-state index in [1.807, 2.05) is 4.90 Å². The molecule has 1 saturated heterocycles. The number of halogens is 5. The normalized spacial score (nSPS) is 16.7. The van der Waals surface area contributed by atoms with Crippen LogP contribution in [0.5, 0.6) is 5.75 Å². The van der Waals surface area contributed by atoms with Gasteiger partial charge in [0.2, 0.25) is 0 Å². The van der Waals surface area contributed by atoms with Gasteiger partial charge in [-0.3, -0.25) is 15.0 Å². The van der Waals surface area contributed by atoms with Gasteiger partial charge in [-0.1, -0.05) is 6.42 Å². The summed E-state index contributed by atoms with van der Waals surface area (Å²) < 4.78 is 70.3. The smallest absolute Gasteiger partial charge is 0.458 e. The summed E-state index contributed by atoms with van der Waals surface area (Å²) >= 11 is 0. The van der Waals surface area contributed by atoms with Gasteiger partial charge >= 0.3 is 12.1 Å². The van der Waals surface area contributed by atoms with Crippen molar-refractivity contribution < 1.29 is 31.6 Å². The van der Waals surface area contributed by atoms with Crippen LogP contribution in [0.15, 0.2) is 18.2 Å². The van der Waals surface area contributed by atoms with E-state index < -0.39 is 34.0 Å². The molecule has 0 unspecified atom stereocenters. The highest BCUT2D eigenvalue weighted by Gasteiger charge is 2.60. The van der Waals surface area contributed by atoms with Crippen molar-refractivity contribution in [1.29, 1.82) is 0 Å². The predicted molar refractivity (Wildman–Crippen MR) is 78.8 cm³/mol. The van der Waals surface area contributed by atoms with Crippen molar-refractivity contribution in [3.8, 4) is 5.75 Å². The number of piperidine rings is 1. The Labute approximate surface area is 140 Å². The molecular weight excluding hydrogens is 351 g/mol. The Morgan fingerprint density at radius 2 is 1.76 bits per heavy atom. The molecule has 0 N–H and O–H groups in total. The van der Waals surface area contributed by atoms with Crippen LogP contribution in [0.4, 0.5) is 27.6 Å². The molecule has 0 amide bonds. The molecule has 5 nitrogen and oxygen atoms in total. The van der Waals surface area contributed by atoms with Gasteiger partial charge in [0.15, 0.2) is 0 Å². The van der Waals surface area contributed by atoms with E-state index in [4.69, 9.17) is 4.74 Å². The van der Waals surface area contributed by atoms with Crippen molar-refractivity contribution in [3.05, 3.63) is 33.9 Å². The quantitative estimate of drug-likeness (QED) is 0.431. The van der Waals surface area contributed by atoms with Crippen molar-refractivity contribution in [2.75, 3.05) is 26.2 Å². The summed E-state index contributed by atoms with van der Waals surface area (Å²) in [6, 6.07) is 1.60. The van der Waals surface area contributed by atoms with Gasteiger partial charge in [0.1, 0.15) is 12.4 Å². The minimum atomic E-state index is -5.83. The van der Waals surface area contributed by atoms with Gasteiger partial charge in [-0.15, -0.1) is 0 Å². The van der Waals surface area contributed by atoms with Crippen LogP contribution in [0.3, 0.4) is 0 Å². The van der Waals surface area contributed by atoms with E-state index in [0.29, 0.717) is 24.7 Å². The van der Waals surface area contributed by atoms with Gasteiger partial charge in [-0.2, -0.15) is 22.0 Å². The van der Waals surface area contributed by atoms with Crippen LogP contribution in [0.1, 0.15) is 24.8 Å². The molecule has 0 radical (unpaired) electrons. The number of ether oxygens (including phenoxy) is 1. The van der Waals surface area contributed by atoms with Gasteiger partial charge in [0.05, 0.1) is 16.6 Å². The fourth-order valence-electron chi connectivity index (χ4n) is 2.62. The van der Waals surface area contributed by atoms with E-state index >= 15 is 0 Å². The monoisotopic (exact) mass is 368 g/mol. The Bertz CT molecular complexity index is 616. The second kappa shape index (κ2) is 7.51. The molecule has 140 valence electrons. The average Bonchev–Trinajstić information content (AvgIpc) is 2.54. The maximum absolute atomic E-state index is 13.7. The predicted octanol–water partition coefficient (Wildman–Crippen LogP) is 4.11. The molecule has 0 atom stereocenters. The third-order valence-corrected chi connectivity index (χ3v) is 3.98. The van der Waals surface area contributed by atoms with Crippen LogP contribution in [0.2, 0.25) is 0 Å². The molecule has 0 aliphatic carbocycles. The second-order valence-corrected chi connectivity index (χ2v) is 5.76. The highest BCUT2D eigenvalue weighted by atomic mass is 19.4. The van der Waals surface area contributed by atoms with Crippen LogP contribution in [0.25, 0.3) is 0 Å². The molecule has 2 rings (SSSR count). The molecule has 0 aromatic heterocycles. The second-order valence-electron chi connectivity index (χ2n) is 5.76. The van der Waals surface area contributed by atoms with Gasteiger partial charge in [-0.25, -0.2) is 0 Å². The Kier molecular flexibility index (Phi) is 5.81. The molecule has 10 heteroatoms. The molecule has 1 aliphatic heterocycles.